The number of fused-ring (bicyclic) bond motifs is 7. The van der Waals surface area contributed by atoms with E-state index in [1.54, 1.807) is 29.2 Å². The molecule has 158 valence electrons. The Hall–Kier alpha value is -2.70. The molecule has 0 saturated carbocycles. The normalized spacial score (nSPS) is 33.4. The third-order valence-corrected chi connectivity index (χ3v) is 8.10. The first-order valence-electron chi connectivity index (χ1n) is 10.9. The molecule has 31 heavy (non-hydrogen) atoms. The Kier molecular flexibility index (Phi) is 3.93. The Bertz CT molecular complexity index is 1150. The molecule has 5 atom stereocenters. The van der Waals surface area contributed by atoms with Gasteiger partial charge in [-0.15, -0.1) is 0 Å². The van der Waals surface area contributed by atoms with Crippen LogP contribution in [0.5, 0.6) is 0 Å². The molecule has 1 N–H and O–H groups in total. The smallest absolute Gasteiger partial charge is 0.294 e. The predicted molar refractivity (Wildman–Crippen MR) is 116 cm³/mol. The van der Waals surface area contributed by atoms with Crippen LogP contribution in [-0.4, -0.2) is 36.9 Å². The number of nitrogens with zero attached hydrogens (tertiary/aromatic N) is 2. The van der Waals surface area contributed by atoms with Gasteiger partial charge in [-0.3, -0.25) is 14.4 Å². The van der Waals surface area contributed by atoms with E-state index in [-0.39, 0.29) is 23.8 Å². The van der Waals surface area contributed by atoms with Crippen molar-refractivity contribution in [2.45, 2.75) is 31.3 Å². The van der Waals surface area contributed by atoms with Gasteiger partial charge in [-0.2, -0.15) is 0 Å². The number of para-hydroxylation sites is 2. The van der Waals surface area contributed by atoms with Crippen molar-refractivity contribution in [2.24, 2.45) is 11.8 Å². The summed E-state index contributed by atoms with van der Waals surface area (Å²) in [7, 11) is 0. The van der Waals surface area contributed by atoms with E-state index in [0.717, 1.165) is 35.5 Å². The molecule has 0 bridgehead atoms. The van der Waals surface area contributed by atoms with E-state index >= 15 is 0 Å². The van der Waals surface area contributed by atoms with Crippen LogP contribution in [0.25, 0.3) is 0 Å². The fourth-order valence-electron chi connectivity index (χ4n) is 6.78. The molecule has 4 aliphatic rings. The minimum atomic E-state index is -1.04. The van der Waals surface area contributed by atoms with Gasteiger partial charge in [-0.1, -0.05) is 41.9 Å². The van der Waals surface area contributed by atoms with Crippen molar-refractivity contribution in [3.8, 4) is 0 Å². The second kappa shape index (κ2) is 6.40. The summed E-state index contributed by atoms with van der Waals surface area (Å²) in [5.41, 5.74) is 1.12. The molecule has 3 amide bonds. The number of likely N-dealkylation sites (N-methyl/N-ethyl adjacent to an activating group) is 1. The lowest BCUT2D eigenvalue weighted by Crippen LogP contribution is -3.20. The monoisotopic (exact) mass is 436 g/mol. The second-order valence-electron chi connectivity index (χ2n) is 8.87. The molecule has 1 spiro atoms. The Morgan fingerprint density at radius 2 is 1.74 bits per heavy atom. The zero-order valence-corrected chi connectivity index (χ0v) is 17.9. The lowest BCUT2D eigenvalue weighted by molar-refractivity contribution is -0.948. The highest BCUT2D eigenvalue weighted by molar-refractivity contribution is 6.36. The van der Waals surface area contributed by atoms with Crippen molar-refractivity contribution >= 4 is 40.7 Å². The first-order chi connectivity index (χ1) is 15.0. The van der Waals surface area contributed by atoms with Crippen LogP contribution < -0.4 is 14.7 Å². The molecule has 6 nitrogen and oxygen atoms in total. The number of hydrogen-bond donors (Lipinski definition) is 1. The standard InChI is InChI=1S/C24H22ClN3O3/c1-2-26-16-10-5-3-8-14(16)24(23(26)31)20-19(18-12-7-13-27(18)24)21(29)28(22(20)30)17-11-6-4-9-15(17)25/h3-6,8-11,18-20H,2,7,12-13H2,1H3/p+1/t18-,19+,20-,24+/m0/s1. The third kappa shape index (κ3) is 2.10. The van der Waals surface area contributed by atoms with Gasteiger partial charge in [-0.25, -0.2) is 4.90 Å². The first-order valence-corrected chi connectivity index (χ1v) is 11.3. The van der Waals surface area contributed by atoms with Gasteiger partial charge in [0.05, 0.1) is 22.9 Å². The molecule has 2 aromatic carbocycles. The summed E-state index contributed by atoms with van der Waals surface area (Å²) < 4.78 is 0. The molecule has 4 heterocycles. The lowest BCUT2D eigenvalue weighted by Gasteiger charge is -2.34. The minimum absolute atomic E-state index is 0.0391. The second-order valence-corrected chi connectivity index (χ2v) is 9.27. The number of anilines is 2. The van der Waals surface area contributed by atoms with Gasteiger partial charge in [0.1, 0.15) is 17.9 Å². The van der Waals surface area contributed by atoms with Crippen LogP contribution >= 0.6 is 11.6 Å². The lowest BCUT2D eigenvalue weighted by atomic mass is 9.75. The van der Waals surface area contributed by atoms with Crippen LogP contribution in [0.3, 0.4) is 0 Å². The molecule has 0 aromatic heterocycles. The predicted octanol–water partition coefficient (Wildman–Crippen LogP) is 1.77. The van der Waals surface area contributed by atoms with Gasteiger partial charge in [-0.05, 0) is 25.1 Å². The van der Waals surface area contributed by atoms with Crippen LogP contribution in [0.2, 0.25) is 5.02 Å². The molecule has 1 unspecified atom stereocenters. The van der Waals surface area contributed by atoms with Crippen LogP contribution in [0.4, 0.5) is 11.4 Å². The van der Waals surface area contributed by atoms with E-state index in [1.807, 2.05) is 31.2 Å². The van der Waals surface area contributed by atoms with Crippen molar-refractivity contribution in [3.63, 3.8) is 0 Å². The number of carbonyl (C=O) groups is 3. The first kappa shape index (κ1) is 19.0. The summed E-state index contributed by atoms with van der Waals surface area (Å²) in [4.78, 5) is 45.9. The molecule has 0 aliphatic carbocycles. The summed E-state index contributed by atoms with van der Waals surface area (Å²) in [5, 5.41) is 0.363. The average molecular weight is 437 g/mol. The number of benzene rings is 2. The number of rotatable bonds is 2. The SMILES string of the molecule is CCN1C(=O)[C@@]2(c3ccccc31)[C@@H]1C(=O)N(c3ccccc3Cl)C(=O)[C@@H]1[C@@H]1CCC[NH+]12. The van der Waals surface area contributed by atoms with Gasteiger partial charge < -0.3 is 9.80 Å². The average Bonchev–Trinajstić information content (AvgIpc) is 3.47. The van der Waals surface area contributed by atoms with Crippen LogP contribution in [0.1, 0.15) is 25.3 Å². The molecular formula is C24H23ClN3O3+. The highest BCUT2D eigenvalue weighted by Crippen LogP contribution is 2.54. The number of nitrogens with one attached hydrogen (secondary N) is 1. The van der Waals surface area contributed by atoms with Crippen LogP contribution in [0, 0.1) is 11.8 Å². The van der Waals surface area contributed by atoms with Gasteiger partial charge in [0.15, 0.2) is 0 Å². The van der Waals surface area contributed by atoms with E-state index in [9.17, 15) is 14.4 Å². The summed E-state index contributed by atoms with van der Waals surface area (Å²) in [6, 6.07) is 14.7. The van der Waals surface area contributed by atoms with Gasteiger partial charge in [0.25, 0.3) is 5.91 Å². The summed E-state index contributed by atoms with van der Waals surface area (Å²) in [6.45, 7) is 3.28. The van der Waals surface area contributed by atoms with Gasteiger partial charge in [0, 0.05) is 24.9 Å². The van der Waals surface area contributed by atoms with E-state index in [4.69, 9.17) is 11.6 Å². The fourth-order valence-corrected chi connectivity index (χ4v) is 7.01. The van der Waals surface area contributed by atoms with Gasteiger partial charge in [0.2, 0.25) is 17.4 Å². The van der Waals surface area contributed by atoms with Crippen molar-refractivity contribution in [2.75, 3.05) is 22.9 Å². The molecule has 0 radical (unpaired) electrons. The van der Waals surface area contributed by atoms with E-state index in [1.165, 1.54) is 4.90 Å². The Balaban J connectivity index is 1.59. The van der Waals surface area contributed by atoms with E-state index in [2.05, 4.69) is 0 Å². The third-order valence-electron chi connectivity index (χ3n) is 7.78. The van der Waals surface area contributed by atoms with Crippen molar-refractivity contribution in [1.82, 2.24) is 0 Å². The van der Waals surface area contributed by atoms with Gasteiger partial charge >= 0.3 is 0 Å². The summed E-state index contributed by atoms with van der Waals surface area (Å²) >= 11 is 6.38. The molecular weight excluding hydrogens is 414 g/mol. The highest BCUT2D eigenvalue weighted by Gasteiger charge is 2.79. The van der Waals surface area contributed by atoms with Crippen LogP contribution in [0.15, 0.2) is 48.5 Å². The quantitative estimate of drug-likeness (QED) is 0.730. The van der Waals surface area contributed by atoms with Crippen molar-refractivity contribution in [3.05, 3.63) is 59.1 Å². The number of imide groups is 1. The molecule has 7 heteroatoms. The highest BCUT2D eigenvalue weighted by atomic mass is 35.5. The Morgan fingerprint density at radius 1 is 1.03 bits per heavy atom. The van der Waals surface area contributed by atoms with Crippen LogP contribution in [-0.2, 0) is 19.9 Å². The molecule has 3 saturated heterocycles. The summed E-state index contributed by atoms with van der Waals surface area (Å²) in [5.74, 6) is -1.78. The fraction of sp³-hybridized carbons (Fsp3) is 0.375. The largest absolute Gasteiger partial charge is 0.315 e. The number of quaternary nitrogens is 1. The Morgan fingerprint density at radius 3 is 2.48 bits per heavy atom. The van der Waals surface area contributed by atoms with Crippen molar-refractivity contribution < 1.29 is 19.3 Å². The molecule has 6 rings (SSSR count). The number of hydrogen-bond acceptors (Lipinski definition) is 3. The number of halogens is 1. The van der Waals surface area contributed by atoms with E-state index < -0.39 is 17.4 Å². The topological polar surface area (TPSA) is 62.1 Å². The molecule has 4 aliphatic heterocycles. The maximum absolute atomic E-state index is 14.1. The zero-order valence-electron chi connectivity index (χ0n) is 17.2. The number of amides is 3. The maximum Gasteiger partial charge on any atom is 0.294 e. The Labute approximate surface area is 185 Å². The maximum atomic E-state index is 14.1. The minimum Gasteiger partial charge on any atom is -0.315 e. The van der Waals surface area contributed by atoms with E-state index in [0.29, 0.717) is 17.3 Å². The molecule has 2 aromatic rings. The van der Waals surface area contributed by atoms with Crippen molar-refractivity contribution in [1.29, 1.82) is 0 Å². The zero-order chi connectivity index (χ0) is 21.5. The molecule has 3 fully saturated rings. The number of carbonyl (C=O) groups excluding carboxylic acids is 3. The summed E-state index contributed by atoms with van der Waals surface area (Å²) in [6.07, 6.45) is 1.79.